The van der Waals surface area contributed by atoms with E-state index in [-0.39, 0.29) is 24.3 Å². The monoisotopic (exact) mass is 559 g/mol. The zero-order chi connectivity index (χ0) is 28.5. The Bertz CT molecular complexity index is 1430. The van der Waals surface area contributed by atoms with Gasteiger partial charge in [0.15, 0.2) is 0 Å². The second kappa shape index (κ2) is 14.1. The number of rotatable bonds is 13. The summed E-state index contributed by atoms with van der Waals surface area (Å²) in [5, 5.41) is 2.79. The summed E-state index contributed by atoms with van der Waals surface area (Å²) in [5.74, 6) is 0.0432. The summed E-state index contributed by atoms with van der Waals surface area (Å²) < 4.78 is 7.36. The minimum Gasteiger partial charge on any atom is -0.385 e. The Morgan fingerprint density at radius 2 is 1.68 bits per heavy atom. The average Bonchev–Trinajstić information content (AvgIpc) is 3.38. The van der Waals surface area contributed by atoms with E-state index in [1.807, 2.05) is 90.0 Å². The van der Waals surface area contributed by atoms with Crippen molar-refractivity contribution in [3.8, 4) is 0 Å². The Hall–Kier alpha value is -3.61. The summed E-state index contributed by atoms with van der Waals surface area (Å²) in [7, 11) is 1.64. The van der Waals surface area contributed by atoms with Crippen molar-refractivity contribution in [2.24, 2.45) is 5.92 Å². The Kier molecular flexibility index (Phi) is 10.4. The summed E-state index contributed by atoms with van der Waals surface area (Å²) in [5.41, 5.74) is 2.61. The van der Waals surface area contributed by atoms with E-state index < -0.39 is 0 Å². The molecule has 4 aromatic rings. The SMILES string of the molecule is COCCCN(CC(=O)N(Cc1cccn1Cc1ccccc1Cl)CC(C)C)C(=O)c1ccc2ccccc2c1. The second-order valence-corrected chi connectivity index (χ2v) is 10.9. The van der Waals surface area contributed by atoms with Crippen LogP contribution in [0.4, 0.5) is 0 Å². The van der Waals surface area contributed by atoms with E-state index in [4.69, 9.17) is 16.3 Å². The van der Waals surface area contributed by atoms with Gasteiger partial charge < -0.3 is 19.1 Å². The first-order valence-electron chi connectivity index (χ1n) is 13.8. The molecule has 210 valence electrons. The summed E-state index contributed by atoms with van der Waals surface area (Å²) >= 11 is 6.42. The maximum Gasteiger partial charge on any atom is 0.254 e. The molecule has 40 heavy (non-hydrogen) atoms. The van der Waals surface area contributed by atoms with Gasteiger partial charge in [-0.15, -0.1) is 0 Å². The van der Waals surface area contributed by atoms with Gasteiger partial charge in [-0.25, -0.2) is 0 Å². The van der Waals surface area contributed by atoms with Crippen LogP contribution in [0.15, 0.2) is 85.1 Å². The molecule has 0 atom stereocenters. The van der Waals surface area contributed by atoms with Crippen molar-refractivity contribution in [1.29, 1.82) is 0 Å². The third-order valence-electron chi connectivity index (χ3n) is 6.90. The van der Waals surface area contributed by atoms with E-state index in [0.29, 0.717) is 44.8 Å². The number of hydrogen-bond acceptors (Lipinski definition) is 3. The van der Waals surface area contributed by atoms with Gasteiger partial charge in [0.05, 0.1) is 6.54 Å². The van der Waals surface area contributed by atoms with Gasteiger partial charge in [0.1, 0.15) is 6.54 Å². The van der Waals surface area contributed by atoms with E-state index in [2.05, 4.69) is 18.4 Å². The van der Waals surface area contributed by atoms with Crippen molar-refractivity contribution in [3.05, 3.63) is 107 Å². The number of carbonyl (C=O) groups excluding carboxylic acids is 2. The highest BCUT2D eigenvalue weighted by Gasteiger charge is 2.24. The number of halogens is 1. The molecular formula is C33H38ClN3O3. The molecule has 4 rings (SSSR count). The highest BCUT2D eigenvalue weighted by atomic mass is 35.5. The van der Waals surface area contributed by atoms with Gasteiger partial charge in [-0.05, 0) is 59.0 Å². The number of benzene rings is 3. The summed E-state index contributed by atoms with van der Waals surface area (Å²) in [6.07, 6.45) is 2.66. The van der Waals surface area contributed by atoms with Crippen LogP contribution < -0.4 is 0 Å². The Labute approximate surface area is 242 Å². The van der Waals surface area contributed by atoms with Crippen LogP contribution in [0, 0.1) is 5.92 Å². The van der Waals surface area contributed by atoms with Crippen LogP contribution in [0.5, 0.6) is 0 Å². The number of fused-ring (bicyclic) bond motifs is 1. The van der Waals surface area contributed by atoms with Gasteiger partial charge in [0.25, 0.3) is 5.91 Å². The summed E-state index contributed by atoms with van der Waals surface area (Å²) in [6, 6.07) is 25.5. The second-order valence-electron chi connectivity index (χ2n) is 10.5. The van der Waals surface area contributed by atoms with Gasteiger partial charge in [-0.2, -0.15) is 0 Å². The van der Waals surface area contributed by atoms with Crippen LogP contribution in [0.2, 0.25) is 5.02 Å². The molecule has 0 saturated heterocycles. The number of methoxy groups -OCH3 is 1. The molecule has 0 aliphatic carbocycles. The van der Waals surface area contributed by atoms with Gasteiger partial charge in [-0.1, -0.05) is 74.0 Å². The van der Waals surface area contributed by atoms with E-state index in [0.717, 1.165) is 27.1 Å². The Balaban J connectivity index is 1.53. The lowest BCUT2D eigenvalue weighted by Gasteiger charge is -2.29. The lowest BCUT2D eigenvalue weighted by atomic mass is 10.1. The van der Waals surface area contributed by atoms with Gasteiger partial charge in [0, 0.05) is 55.8 Å². The first kappa shape index (κ1) is 29.4. The van der Waals surface area contributed by atoms with Crippen molar-refractivity contribution in [3.63, 3.8) is 0 Å². The fourth-order valence-corrected chi connectivity index (χ4v) is 5.06. The zero-order valence-electron chi connectivity index (χ0n) is 23.6. The zero-order valence-corrected chi connectivity index (χ0v) is 24.3. The Morgan fingerprint density at radius 1 is 0.925 bits per heavy atom. The van der Waals surface area contributed by atoms with Crippen molar-refractivity contribution in [2.75, 3.05) is 33.4 Å². The van der Waals surface area contributed by atoms with Crippen LogP contribution in [-0.4, -0.2) is 59.5 Å². The largest absolute Gasteiger partial charge is 0.385 e. The molecule has 2 amide bonds. The number of ether oxygens (including phenoxy) is 1. The molecule has 1 heterocycles. The van der Waals surface area contributed by atoms with Crippen molar-refractivity contribution >= 4 is 34.2 Å². The molecule has 3 aromatic carbocycles. The first-order chi connectivity index (χ1) is 19.4. The lowest BCUT2D eigenvalue weighted by molar-refractivity contribution is -0.133. The van der Waals surface area contributed by atoms with Crippen molar-refractivity contribution in [1.82, 2.24) is 14.4 Å². The van der Waals surface area contributed by atoms with Crippen LogP contribution in [0.3, 0.4) is 0 Å². The smallest absolute Gasteiger partial charge is 0.254 e. The molecule has 0 N–H and O–H groups in total. The van der Waals surface area contributed by atoms with E-state index in [9.17, 15) is 9.59 Å². The maximum absolute atomic E-state index is 13.8. The molecule has 0 radical (unpaired) electrons. The molecular weight excluding hydrogens is 522 g/mol. The normalized spacial score (nSPS) is 11.2. The summed E-state index contributed by atoms with van der Waals surface area (Å²) in [6.45, 7) is 6.81. The topological polar surface area (TPSA) is 54.8 Å². The highest BCUT2D eigenvalue weighted by Crippen LogP contribution is 2.20. The molecule has 7 heteroatoms. The first-order valence-corrected chi connectivity index (χ1v) is 14.2. The van der Waals surface area contributed by atoms with Gasteiger partial charge >= 0.3 is 0 Å². The molecule has 0 saturated carbocycles. The minimum absolute atomic E-state index is 0.00726. The fraction of sp³-hybridized carbons (Fsp3) is 0.333. The van der Waals surface area contributed by atoms with Crippen LogP contribution in [-0.2, 0) is 22.6 Å². The third kappa shape index (κ3) is 7.74. The van der Waals surface area contributed by atoms with Gasteiger partial charge in [-0.3, -0.25) is 9.59 Å². The average molecular weight is 560 g/mol. The molecule has 0 aliphatic heterocycles. The Morgan fingerprint density at radius 3 is 2.42 bits per heavy atom. The molecule has 0 fully saturated rings. The molecule has 1 aromatic heterocycles. The fourth-order valence-electron chi connectivity index (χ4n) is 4.87. The van der Waals surface area contributed by atoms with Crippen LogP contribution in [0.25, 0.3) is 10.8 Å². The van der Waals surface area contributed by atoms with Crippen LogP contribution >= 0.6 is 11.6 Å². The van der Waals surface area contributed by atoms with E-state index >= 15 is 0 Å². The standard InChI is InChI=1S/C33H38ClN3O3/c1-25(2)21-37(23-30-13-8-17-35(30)22-29-12-6-7-14-31(29)34)32(38)24-36(18-9-19-40-3)33(39)28-16-15-26-10-4-5-11-27(26)20-28/h4-8,10-17,20,25H,9,18-19,21-24H2,1-3H3. The molecule has 0 spiro atoms. The van der Waals surface area contributed by atoms with Gasteiger partial charge in [0.2, 0.25) is 5.91 Å². The molecule has 0 bridgehead atoms. The lowest BCUT2D eigenvalue weighted by Crippen LogP contribution is -2.44. The number of carbonyl (C=O) groups is 2. The molecule has 6 nitrogen and oxygen atoms in total. The number of hydrogen-bond donors (Lipinski definition) is 0. The van der Waals surface area contributed by atoms with E-state index in [1.54, 1.807) is 12.0 Å². The van der Waals surface area contributed by atoms with E-state index in [1.165, 1.54) is 0 Å². The quantitative estimate of drug-likeness (QED) is 0.176. The van der Waals surface area contributed by atoms with Crippen molar-refractivity contribution < 1.29 is 14.3 Å². The predicted octanol–water partition coefficient (Wildman–Crippen LogP) is 6.51. The summed E-state index contributed by atoms with van der Waals surface area (Å²) in [4.78, 5) is 31.0. The minimum atomic E-state index is -0.151. The van der Waals surface area contributed by atoms with Crippen molar-refractivity contribution in [2.45, 2.75) is 33.4 Å². The highest BCUT2D eigenvalue weighted by molar-refractivity contribution is 6.31. The number of aromatic nitrogens is 1. The predicted molar refractivity (Wildman–Crippen MR) is 162 cm³/mol. The molecule has 0 unspecified atom stereocenters. The molecule has 0 aliphatic rings. The maximum atomic E-state index is 13.8. The number of amides is 2. The third-order valence-corrected chi connectivity index (χ3v) is 7.27. The number of nitrogens with zero attached hydrogens (tertiary/aromatic N) is 3. The van der Waals surface area contributed by atoms with Crippen LogP contribution in [0.1, 0.15) is 41.9 Å².